The van der Waals surface area contributed by atoms with E-state index in [9.17, 15) is 0 Å². The van der Waals surface area contributed by atoms with Gasteiger partial charge in [-0.2, -0.15) is 11.8 Å². The molecule has 1 fully saturated rings. The summed E-state index contributed by atoms with van der Waals surface area (Å²) in [5, 5.41) is 13.3. The summed E-state index contributed by atoms with van der Waals surface area (Å²) in [5.74, 6) is 0.898. The summed E-state index contributed by atoms with van der Waals surface area (Å²) in [4.78, 5) is 0. The minimum Gasteiger partial charge on any atom is -0.396 e. The Morgan fingerprint density at radius 2 is 2.07 bits per heavy atom. The minimum absolute atomic E-state index is 0.321. The molecule has 15 heavy (non-hydrogen) atoms. The molecule has 2 nitrogen and oxygen atoms in total. The van der Waals surface area contributed by atoms with Crippen molar-refractivity contribution in [1.29, 1.82) is 0 Å². The van der Waals surface area contributed by atoms with Crippen LogP contribution in [0.3, 0.4) is 0 Å². The fraction of sp³-hybridized carbons (Fsp3) is 1.00. The Hall–Kier alpha value is 0.270. The molecule has 0 aromatic rings. The van der Waals surface area contributed by atoms with E-state index in [0.29, 0.717) is 12.6 Å². The predicted octanol–water partition coefficient (Wildman–Crippen LogP) is 2.41. The van der Waals surface area contributed by atoms with Crippen molar-refractivity contribution in [3.05, 3.63) is 0 Å². The first-order valence-corrected chi connectivity index (χ1v) is 7.39. The average Bonchev–Trinajstić information content (AvgIpc) is 2.48. The van der Waals surface area contributed by atoms with Gasteiger partial charge in [0, 0.05) is 17.0 Å². The van der Waals surface area contributed by atoms with E-state index >= 15 is 0 Å². The number of hydrogen-bond donors (Lipinski definition) is 2. The highest BCUT2D eigenvalue weighted by atomic mass is 32.2. The van der Waals surface area contributed by atoms with Crippen LogP contribution in [0.25, 0.3) is 0 Å². The summed E-state index contributed by atoms with van der Waals surface area (Å²) in [5.41, 5.74) is 0. The number of rotatable bonds is 6. The van der Waals surface area contributed by atoms with Crippen LogP contribution >= 0.6 is 11.8 Å². The lowest BCUT2D eigenvalue weighted by Gasteiger charge is -2.25. The third kappa shape index (κ3) is 5.23. The molecule has 0 radical (unpaired) electrons. The third-order valence-corrected chi connectivity index (χ3v) is 4.44. The molecule has 1 rings (SSSR count). The second kappa shape index (κ2) is 8.43. The molecule has 3 heteroatoms. The van der Waals surface area contributed by atoms with Gasteiger partial charge in [0.1, 0.15) is 0 Å². The fourth-order valence-electron chi connectivity index (χ4n) is 2.24. The van der Waals surface area contributed by atoms with Gasteiger partial charge in [0.25, 0.3) is 0 Å². The largest absolute Gasteiger partial charge is 0.396 e. The van der Waals surface area contributed by atoms with Gasteiger partial charge < -0.3 is 10.4 Å². The second-order valence-corrected chi connectivity index (χ2v) is 5.68. The molecule has 0 amide bonds. The van der Waals surface area contributed by atoms with Gasteiger partial charge >= 0.3 is 0 Å². The minimum atomic E-state index is 0.321. The van der Waals surface area contributed by atoms with E-state index in [0.717, 1.165) is 17.5 Å². The Morgan fingerprint density at radius 3 is 2.80 bits per heavy atom. The summed E-state index contributed by atoms with van der Waals surface area (Å²) in [6.45, 7) is 3.68. The summed E-state index contributed by atoms with van der Waals surface area (Å²) in [6.07, 6.45) is 7.99. The van der Waals surface area contributed by atoms with Crippen molar-refractivity contribution in [2.24, 2.45) is 0 Å². The van der Waals surface area contributed by atoms with Gasteiger partial charge in [-0.1, -0.05) is 26.2 Å². The highest BCUT2D eigenvalue weighted by molar-refractivity contribution is 7.99. The molecule has 0 aromatic heterocycles. The van der Waals surface area contributed by atoms with E-state index < -0.39 is 0 Å². The first-order chi connectivity index (χ1) is 7.38. The predicted molar refractivity (Wildman–Crippen MR) is 68.5 cm³/mol. The van der Waals surface area contributed by atoms with E-state index in [1.807, 2.05) is 11.8 Å². The van der Waals surface area contributed by atoms with Crippen molar-refractivity contribution in [3.8, 4) is 0 Å². The first-order valence-electron chi connectivity index (χ1n) is 6.34. The van der Waals surface area contributed by atoms with Crippen LogP contribution in [0.2, 0.25) is 0 Å². The normalized spacial score (nSPS) is 27.6. The van der Waals surface area contributed by atoms with Gasteiger partial charge in [-0.15, -0.1) is 0 Å². The highest BCUT2D eigenvalue weighted by Gasteiger charge is 2.22. The average molecular weight is 231 g/mol. The summed E-state index contributed by atoms with van der Waals surface area (Å²) < 4.78 is 0. The molecule has 0 heterocycles. The van der Waals surface area contributed by atoms with Crippen LogP contribution in [-0.2, 0) is 0 Å². The smallest absolute Gasteiger partial charge is 0.0521 e. The zero-order valence-corrected chi connectivity index (χ0v) is 10.7. The molecule has 2 atom stereocenters. The van der Waals surface area contributed by atoms with Crippen LogP contribution in [0.5, 0.6) is 0 Å². The van der Waals surface area contributed by atoms with Crippen molar-refractivity contribution in [1.82, 2.24) is 5.32 Å². The molecule has 0 aromatic carbocycles. The zero-order valence-electron chi connectivity index (χ0n) is 9.87. The lowest BCUT2D eigenvalue weighted by Crippen LogP contribution is -2.38. The van der Waals surface area contributed by atoms with Crippen molar-refractivity contribution >= 4 is 11.8 Å². The highest BCUT2D eigenvalue weighted by Crippen LogP contribution is 2.27. The number of aliphatic hydroxyl groups is 1. The van der Waals surface area contributed by atoms with E-state index in [4.69, 9.17) is 5.11 Å². The number of aliphatic hydroxyl groups excluding tert-OH is 1. The van der Waals surface area contributed by atoms with E-state index in [1.54, 1.807) is 0 Å². The number of thioether (sulfide) groups is 1. The SMILES string of the molecule is CCCNC1CCCCCC1SCCO. The molecule has 0 spiro atoms. The maximum Gasteiger partial charge on any atom is 0.0521 e. The molecule has 0 aliphatic heterocycles. The zero-order chi connectivity index (χ0) is 10.9. The Labute approximate surface area is 98.2 Å². The van der Waals surface area contributed by atoms with Gasteiger partial charge in [-0.25, -0.2) is 0 Å². The van der Waals surface area contributed by atoms with Gasteiger partial charge in [0.15, 0.2) is 0 Å². The summed E-state index contributed by atoms with van der Waals surface area (Å²) in [7, 11) is 0. The topological polar surface area (TPSA) is 32.3 Å². The maximum absolute atomic E-state index is 8.89. The molecular formula is C12H25NOS. The Bertz CT molecular complexity index is 139. The summed E-state index contributed by atoms with van der Waals surface area (Å²) in [6, 6.07) is 0.684. The van der Waals surface area contributed by atoms with Gasteiger partial charge in [0.2, 0.25) is 0 Å². The molecule has 1 saturated carbocycles. The van der Waals surface area contributed by atoms with Crippen molar-refractivity contribution in [2.75, 3.05) is 18.9 Å². The van der Waals surface area contributed by atoms with Crippen LogP contribution in [0.4, 0.5) is 0 Å². The van der Waals surface area contributed by atoms with Gasteiger partial charge in [-0.05, 0) is 25.8 Å². The molecule has 2 unspecified atom stereocenters. The molecule has 1 aliphatic carbocycles. The lowest BCUT2D eigenvalue weighted by atomic mass is 10.1. The molecule has 90 valence electrons. The standard InChI is InChI=1S/C12H25NOS/c1-2-8-13-11-6-4-3-5-7-12(11)15-10-9-14/h11-14H,2-10H2,1H3. The van der Waals surface area contributed by atoms with Crippen LogP contribution in [0.1, 0.15) is 45.4 Å². The van der Waals surface area contributed by atoms with Crippen molar-refractivity contribution in [2.45, 2.75) is 56.7 Å². The molecule has 0 bridgehead atoms. The van der Waals surface area contributed by atoms with Crippen LogP contribution in [0, 0.1) is 0 Å². The Kier molecular flexibility index (Phi) is 7.49. The molecular weight excluding hydrogens is 206 g/mol. The number of hydrogen-bond acceptors (Lipinski definition) is 3. The molecule has 2 N–H and O–H groups in total. The monoisotopic (exact) mass is 231 g/mol. The van der Waals surface area contributed by atoms with Gasteiger partial charge in [-0.3, -0.25) is 0 Å². The van der Waals surface area contributed by atoms with E-state index in [1.165, 1.54) is 38.5 Å². The van der Waals surface area contributed by atoms with Gasteiger partial charge in [0.05, 0.1) is 6.61 Å². The van der Waals surface area contributed by atoms with E-state index in [-0.39, 0.29) is 0 Å². The van der Waals surface area contributed by atoms with Crippen LogP contribution in [-0.4, -0.2) is 35.3 Å². The van der Waals surface area contributed by atoms with Crippen LogP contribution < -0.4 is 5.32 Å². The lowest BCUT2D eigenvalue weighted by molar-refractivity contribution is 0.322. The van der Waals surface area contributed by atoms with Crippen molar-refractivity contribution < 1.29 is 5.11 Å². The fourth-order valence-corrected chi connectivity index (χ4v) is 3.45. The second-order valence-electron chi connectivity index (χ2n) is 4.33. The number of nitrogens with one attached hydrogen (secondary N) is 1. The molecule has 1 aliphatic rings. The molecule has 0 saturated heterocycles. The summed E-state index contributed by atoms with van der Waals surface area (Å²) >= 11 is 1.96. The third-order valence-electron chi connectivity index (χ3n) is 3.03. The first kappa shape index (κ1) is 13.3. The van der Waals surface area contributed by atoms with E-state index in [2.05, 4.69) is 12.2 Å². The maximum atomic E-state index is 8.89. The van der Waals surface area contributed by atoms with Crippen LogP contribution in [0.15, 0.2) is 0 Å². The Balaban J connectivity index is 2.35. The van der Waals surface area contributed by atoms with Crippen molar-refractivity contribution in [3.63, 3.8) is 0 Å². The quantitative estimate of drug-likeness (QED) is 0.689. The Morgan fingerprint density at radius 1 is 1.27 bits per heavy atom.